The van der Waals surface area contributed by atoms with E-state index in [2.05, 4.69) is 10.3 Å². The summed E-state index contributed by atoms with van der Waals surface area (Å²) in [7, 11) is 0. The summed E-state index contributed by atoms with van der Waals surface area (Å²) in [5.41, 5.74) is 1.05. The van der Waals surface area contributed by atoms with Crippen molar-refractivity contribution in [3.63, 3.8) is 0 Å². The zero-order chi connectivity index (χ0) is 14.5. The quantitative estimate of drug-likeness (QED) is 0.891. The minimum atomic E-state index is -0.229. The lowest BCUT2D eigenvalue weighted by atomic mass is 10.1. The largest absolute Gasteiger partial charge is 0.396 e. The van der Waals surface area contributed by atoms with E-state index in [1.54, 1.807) is 18.2 Å². The summed E-state index contributed by atoms with van der Waals surface area (Å²) in [5, 5.41) is 13.3. The molecule has 0 aliphatic carbocycles. The van der Waals surface area contributed by atoms with Gasteiger partial charge in [0.1, 0.15) is 5.69 Å². The van der Waals surface area contributed by atoms with Crippen LogP contribution in [0.25, 0.3) is 10.9 Å². The normalized spacial score (nSPS) is 12.3. The number of rotatable bonds is 5. The number of carbonyl (C=O) groups excluding carboxylic acids is 1. The molecule has 0 aliphatic heterocycles. The predicted molar refractivity (Wildman–Crippen MR) is 80.0 cm³/mol. The van der Waals surface area contributed by atoms with Crippen molar-refractivity contribution in [3.05, 3.63) is 41.0 Å². The van der Waals surface area contributed by atoms with E-state index in [4.69, 9.17) is 16.7 Å². The lowest BCUT2D eigenvalue weighted by Gasteiger charge is -2.15. The second kappa shape index (κ2) is 6.68. The van der Waals surface area contributed by atoms with Crippen molar-refractivity contribution in [1.82, 2.24) is 10.3 Å². The zero-order valence-electron chi connectivity index (χ0n) is 11.3. The highest BCUT2D eigenvalue weighted by atomic mass is 35.5. The molecular formula is C15H17ClN2O2. The molecule has 0 fully saturated rings. The number of aromatic nitrogens is 1. The smallest absolute Gasteiger partial charge is 0.270 e. The molecule has 2 N–H and O–H groups in total. The van der Waals surface area contributed by atoms with Gasteiger partial charge >= 0.3 is 0 Å². The lowest BCUT2D eigenvalue weighted by molar-refractivity contribution is 0.0924. The fraction of sp³-hybridized carbons (Fsp3) is 0.333. The zero-order valence-corrected chi connectivity index (χ0v) is 12.0. The van der Waals surface area contributed by atoms with Crippen molar-refractivity contribution < 1.29 is 9.90 Å². The van der Waals surface area contributed by atoms with E-state index in [0.29, 0.717) is 22.7 Å². The van der Waals surface area contributed by atoms with Crippen molar-refractivity contribution in [2.24, 2.45) is 0 Å². The monoisotopic (exact) mass is 292 g/mol. The first kappa shape index (κ1) is 14.8. The van der Waals surface area contributed by atoms with Crippen molar-refractivity contribution >= 4 is 28.4 Å². The van der Waals surface area contributed by atoms with Gasteiger partial charge in [-0.3, -0.25) is 4.79 Å². The van der Waals surface area contributed by atoms with Crippen molar-refractivity contribution in [2.75, 3.05) is 6.61 Å². The molecule has 0 spiro atoms. The highest BCUT2D eigenvalue weighted by molar-refractivity contribution is 6.31. The van der Waals surface area contributed by atoms with Crippen LogP contribution in [0.4, 0.5) is 0 Å². The molecular weight excluding hydrogens is 276 g/mol. The third kappa shape index (κ3) is 3.46. The van der Waals surface area contributed by atoms with Crippen LogP contribution in [0.15, 0.2) is 30.3 Å². The Kier molecular flexibility index (Phi) is 4.93. The fourth-order valence-corrected chi connectivity index (χ4v) is 2.18. The van der Waals surface area contributed by atoms with Crippen LogP contribution < -0.4 is 5.32 Å². The molecule has 1 unspecified atom stereocenters. The van der Waals surface area contributed by atoms with Gasteiger partial charge in [-0.2, -0.15) is 0 Å². The Balaban J connectivity index is 2.21. The van der Waals surface area contributed by atoms with Crippen LogP contribution in [0.5, 0.6) is 0 Å². The molecule has 0 aliphatic rings. The Morgan fingerprint density at radius 1 is 1.40 bits per heavy atom. The standard InChI is InChI=1S/C15H17ClN2O2/c1-2-12(7-8-19)17-15(20)13-6-4-10-3-5-11(16)9-14(10)18-13/h3-6,9,12,19H,2,7-8H2,1H3,(H,17,20). The van der Waals surface area contributed by atoms with Gasteiger partial charge in [0.2, 0.25) is 0 Å². The van der Waals surface area contributed by atoms with Crippen LogP contribution in [0.1, 0.15) is 30.3 Å². The fourth-order valence-electron chi connectivity index (χ4n) is 2.01. The number of nitrogens with zero attached hydrogens (tertiary/aromatic N) is 1. The van der Waals surface area contributed by atoms with Crippen LogP contribution in [0.3, 0.4) is 0 Å². The van der Waals surface area contributed by atoms with Crippen LogP contribution in [0, 0.1) is 0 Å². The number of hydrogen-bond acceptors (Lipinski definition) is 3. The lowest BCUT2D eigenvalue weighted by Crippen LogP contribution is -2.35. The number of benzene rings is 1. The van der Waals surface area contributed by atoms with E-state index >= 15 is 0 Å². The third-order valence-corrected chi connectivity index (χ3v) is 3.43. The van der Waals surface area contributed by atoms with E-state index in [1.807, 2.05) is 19.1 Å². The third-order valence-electron chi connectivity index (χ3n) is 3.19. The summed E-state index contributed by atoms with van der Waals surface area (Å²) in [5.74, 6) is -0.229. The van der Waals surface area contributed by atoms with Gasteiger partial charge < -0.3 is 10.4 Å². The van der Waals surface area contributed by atoms with Gasteiger partial charge in [-0.1, -0.05) is 30.7 Å². The Hall–Kier alpha value is -1.65. The van der Waals surface area contributed by atoms with E-state index < -0.39 is 0 Å². The molecule has 4 nitrogen and oxygen atoms in total. The maximum absolute atomic E-state index is 12.1. The Morgan fingerprint density at radius 3 is 2.85 bits per heavy atom. The number of aliphatic hydroxyl groups excluding tert-OH is 1. The average molecular weight is 293 g/mol. The summed E-state index contributed by atoms with van der Waals surface area (Å²) < 4.78 is 0. The maximum Gasteiger partial charge on any atom is 0.270 e. The molecule has 1 aromatic heterocycles. The van der Waals surface area contributed by atoms with Gasteiger partial charge in [0.25, 0.3) is 5.91 Å². The summed E-state index contributed by atoms with van der Waals surface area (Å²) in [6.07, 6.45) is 1.31. The summed E-state index contributed by atoms with van der Waals surface area (Å²) in [6, 6.07) is 8.90. The first-order valence-corrected chi connectivity index (χ1v) is 7.00. The molecule has 0 saturated heterocycles. The average Bonchev–Trinajstić information content (AvgIpc) is 2.45. The SMILES string of the molecule is CCC(CCO)NC(=O)c1ccc2ccc(Cl)cc2n1. The van der Waals surface area contributed by atoms with Gasteiger partial charge in [-0.05, 0) is 31.0 Å². The Labute approximate surface area is 122 Å². The highest BCUT2D eigenvalue weighted by Crippen LogP contribution is 2.18. The van der Waals surface area contributed by atoms with E-state index in [0.717, 1.165) is 11.8 Å². The topological polar surface area (TPSA) is 62.2 Å². The van der Waals surface area contributed by atoms with Crippen molar-refractivity contribution in [3.8, 4) is 0 Å². The van der Waals surface area contributed by atoms with Gasteiger partial charge in [0, 0.05) is 23.1 Å². The molecule has 0 saturated carbocycles. The van der Waals surface area contributed by atoms with Crippen LogP contribution in [0.2, 0.25) is 5.02 Å². The first-order valence-electron chi connectivity index (χ1n) is 6.62. The molecule has 0 bridgehead atoms. The second-order valence-electron chi connectivity index (χ2n) is 4.62. The molecule has 5 heteroatoms. The predicted octanol–water partition coefficient (Wildman–Crippen LogP) is 2.78. The molecule has 106 valence electrons. The van der Waals surface area contributed by atoms with Gasteiger partial charge in [0.05, 0.1) is 5.52 Å². The van der Waals surface area contributed by atoms with Gasteiger partial charge in [-0.25, -0.2) is 4.98 Å². The highest BCUT2D eigenvalue weighted by Gasteiger charge is 2.13. The number of halogens is 1. The van der Waals surface area contributed by atoms with E-state index in [1.165, 1.54) is 0 Å². The van der Waals surface area contributed by atoms with Crippen LogP contribution in [-0.2, 0) is 0 Å². The molecule has 2 aromatic rings. The number of hydrogen-bond donors (Lipinski definition) is 2. The molecule has 1 amide bonds. The number of aliphatic hydroxyl groups is 1. The number of fused-ring (bicyclic) bond motifs is 1. The van der Waals surface area contributed by atoms with Gasteiger partial charge in [-0.15, -0.1) is 0 Å². The van der Waals surface area contributed by atoms with Crippen LogP contribution in [-0.4, -0.2) is 28.6 Å². The summed E-state index contributed by atoms with van der Waals surface area (Å²) in [4.78, 5) is 16.5. The summed E-state index contributed by atoms with van der Waals surface area (Å²) in [6.45, 7) is 2.02. The van der Waals surface area contributed by atoms with E-state index in [9.17, 15) is 4.79 Å². The van der Waals surface area contributed by atoms with Crippen LogP contribution >= 0.6 is 11.6 Å². The number of amides is 1. The molecule has 20 heavy (non-hydrogen) atoms. The second-order valence-corrected chi connectivity index (χ2v) is 5.06. The Morgan fingerprint density at radius 2 is 2.15 bits per heavy atom. The number of carbonyl (C=O) groups is 1. The molecule has 0 radical (unpaired) electrons. The number of pyridine rings is 1. The number of nitrogens with one attached hydrogen (secondary N) is 1. The van der Waals surface area contributed by atoms with Crippen molar-refractivity contribution in [2.45, 2.75) is 25.8 Å². The van der Waals surface area contributed by atoms with Gasteiger partial charge in [0.15, 0.2) is 0 Å². The van der Waals surface area contributed by atoms with Crippen molar-refractivity contribution in [1.29, 1.82) is 0 Å². The molecule has 1 atom stereocenters. The molecule has 1 aromatic carbocycles. The summed E-state index contributed by atoms with van der Waals surface area (Å²) >= 11 is 5.93. The van der Waals surface area contributed by atoms with E-state index in [-0.39, 0.29) is 18.6 Å². The maximum atomic E-state index is 12.1. The molecule has 1 heterocycles. The Bertz CT molecular complexity index is 616. The minimum Gasteiger partial charge on any atom is -0.396 e. The minimum absolute atomic E-state index is 0.0376. The molecule has 2 rings (SSSR count). The first-order chi connectivity index (χ1) is 9.63.